The highest BCUT2D eigenvalue weighted by Crippen LogP contribution is 2.35. The number of hydrogen-bond donors (Lipinski definition) is 2. The molecule has 0 saturated carbocycles. The second-order valence-corrected chi connectivity index (χ2v) is 6.15. The third-order valence-corrected chi connectivity index (χ3v) is 3.98. The molecular formula is C10H9ClF5NO3S. The number of aliphatic hydroxyl groups is 1. The molecule has 0 fully saturated rings. The number of hydrogen-bond acceptors (Lipinski definition) is 3. The molecule has 0 radical (unpaired) electrons. The summed E-state index contributed by atoms with van der Waals surface area (Å²) < 4.78 is 88.6. The molecule has 21 heavy (non-hydrogen) atoms. The summed E-state index contributed by atoms with van der Waals surface area (Å²) in [5, 5.41) is 7.94. The highest BCUT2D eigenvalue weighted by molar-refractivity contribution is 7.89. The van der Waals surface area contributed by atoms with Gasteiger partial charge in [0.2, 0.25) is 10.0 Å². The van der Waals surface area contributed by atoms with Crippen LogP contribution in [0.1, 0.15) is 5.56 Å². The lowest BCUT2D eigenvalue weighted by atomic mass is 10.2. The molecule has 1 rings (SSSR count). The molecule has 4 nitrogen and oxygen atoms in total. The van der Waals surface area contributed by atoms with Crippen LogP contribution in [0.25, 0.3) is 0 Å². The maximum absolute atomic E-state index is 12.8. The average Bonchev–Trinajstić information content (AvgIpc) is 2.35. The average molecular weight is 354 g/mol. The smallest absolute Gasteiger partial charge is 0.390 e. The Kier molecular flexibility index (Phi) is 5.19. The minimum atomic E-state index is -5.03. The summed E-state index contributed by atoms with van der Waals surface area (Å²) in [6.07, 6.45) is -5.03. The number of nitrogens with one attached hydrogen (secondary N) is 1. The van der Waals surface area contributed by atoms with Crippen LogP contribution >= 0.6 is 11.6 Å². The molecule has 11 heteroatoms. The van der Waals surface area contributed by atoms with Crippen molar-refractivity contribution in [1.29, 1.82) is 0 Å². The van der Waals surface area contributed by atoms with Crippen molar-refractivity contribution < 1.29 is 35.5 Å². The summed E-state index contributed by atoms with van der Waals surface area (Å²) >= 11 is 5.38. The van der Waals surface area contributed by atoms with E-state index in [2.05, 4.69) is 0 Å². The van der Waals surface area contributed by atoms with Crippen molar-refractivity contribution in [3.05, 3.63) is 28.8 Å². The predicted molar refractivity (Wildman–Crippen MR) is 63.7 cm³/mol. The SMILES string of the molecule is O=S(=O)(NCC(F)(F)CO)c1ccc(Cl)cc1C(F)(F)F. The highest BCUT2D eigenvalue weighted by atomic mass is 35.5. The Balaban J connectivity index is 3.21. The fourth-order valence-corrected chi connectivity index (χ4v) is 2.73. The molecule has 2 N–H and O–H groups in total. The molecule has 0 saturated heterocycles. The Morgan fingerprint density at radius 2 is 1.76 bits per heavy atom. The molecule has 0 amide bonds. The summed E-state index contributed by atoms with van der Waals surface area (Å²) in [7, 11) is -4.85. The van der Waals surface area contributed by atoms with Crippen LogP contribution in [-0.2, 0) is 16.2 Å². The number of sulfonamides is 1. The van der Waals surface area contributed by atoms with E-state index < -0.39 is 45.7 Å². The Labute approximate surface area is 121 Å². The Morgan fingerprint density at radius 1 is 1.19 bits per heavy atom. The number of halogens is 6. The zero-order chi connectivity index (χ0) is 16.5. The van der Waals surface area contributed by atoms with Crippen molar-refractivity contribution >= 4 is 21.6 Å². The summed E-state index contributed by atoms with van der Waals surface area (Å²) in [5.41, 5.74) is -1.57. The Morgan fingerprint density at radius 3 is 2.24 bits per heavy atom. The van der Waals surface area contributed by atoms with Gasteiger partial charge in [0.1, 0.15) is 6.61 Å². The van der Waals surface area contributed by atoms with E-state index in [0.29, 0.717) is 12.1 Å². The van der Waals surface area contributed by atoms with Gasteiger partial charge in [0, 0.05) is 5.02 Å². The number of aliphatic hydroxyl groups excluding tert-OH is 1. The van der Waals surface area contributed by atoms with Crippen LogP contribution in [0.15, 0.2) is 23.1 Å². The molecule has 0 unspecified atom stereocenters. The van der Waals surface area contributed by atoms with Gasteiger partial charge >= 0.3 is 6.18 Å². The fraction of sp³-hybridized carbons (Fsp3) is 0.400. The van der Waals surface area contributed by atoms with Crippen molar-refractivity contribution in [2.75, 3.05) is 13.2 Å². The summed E-state index contributed by atoms with van der Waals surface area (Å²) in [6.45, 7) is -3.19. The van der Waals surface area contributed by atoms with E-state index in [4.69, 9.17) is 16.7 Å². The fourth-order valence-electron chi connectivity index (χ4n) is 1.29. The summed E-state index contributed by atoms with van der Waals surface area (Å²) in [6, 6.07) is 1.82. The minimum Gasteiger partial charge on any atom is -0.390 e. The van der Waals surface area contributed by atoms with Crippen molar-refractivity contribution in [3.63, 3.8) is 0 Å². The molecule has 0 heterocycles. The molecular weight excluding hydrogens is 345 g/mol. The van der Waals surface area contributed by atoms with Gasteiger partial charge in [-0.25, -0.2) is 21.9 Å². The quantitative estimate of drug-likeness (QED) is 0.798. The van der Waals surface area contributed by atoms with Crippen LogP contribution in [0.2, 0.25) is 5.02 Å². The zero-order valence-corrected chi connectivity index (χ0v) is 11.7. The van der Waals surface area contributed by atoms with E-state index in [1.165, 1.54) is 4.72 Å². The van der Waals surface area contributed by atoms with Gasteiger partial charge in [0.25, 0.3) is 5.92 Å². The second-order valence-electron chi connectivity index (χ2n) is 3.98. The van der Waals surface area contributed by atoms with E-state index in [9.17, 15) is 30.4 Å². The number of alkyl halides is 5. The van der Waals surface area contributed by atoms with E-state index in [1.54, 1.807) is 0 Å². The van der Waals surface area contributed by atoms with Gasteiger partial charge in [-0.1, -0.05) is 11.6 Å². The lowest BCUT2D eigenvalue weighted by Gasteiger charge is -2.17. The molecule has 0 aliphatic heterocycles. The van der Waals surface area contributed by atoms with Gasteiger partial charge in [-0.2, -0.15) is 13.2 Å². The normalized spacial score (nSPS) is 13.5. The van der Waals surface area contributed by atoms with Crippen molar-refractivity contribution in [1.82, 2.24) is 4.72 Å². The number of benzene rings is 1. The van der Waals surface area contributed by atoms with Gasteiger partial charge in [0.05, 0.1) is 17.0 Å². The van der Waals surface area contributed by atoms with Crippen molar-refractivity contribution in [2.45, 2.75) is 17.0 Å². The number of rotatable bonds is 5. The summed E-state index contributed by atoms with van der Waals surface area (Å²) in [5.74, 6) is -3.79. The van der Waals surface area contributed by atoms with Gasteiger partial charge in [-0.3, -0.25) is 0 Å². The lowest BCUT2D eigenvalue weighted by molar-refractivity contribution is -0.139. The largest absolute Gasteiger partial charge is 0.417 e. The first-order valence-corrected chi connectivity index (χ1v) is 7.10. The minimum absolute atomic E-state index is 0.359. The third-order valence-electron chi connectivity index (χ3n) is 2.29. The molecule has 0 aromatic heterocycles. The Bertz CT molecular complexity index is 618. The molecule has 0 aliphatic carbocycles. The maximum atomic E-state index is 12.8. The molecule has 0 spiro atoms. The first kappa shape index (κ1) is 18.1. The standard InChI is InChI=1S/C10H9ClF5NO3S/c11-6-1-2-8(7(3-6)10(14,15)16)21(19,20)17-4-9(12,13)5-18/h1-3,17-18H,4-5H2. The molecule has 1 aromatic carbocycles. The van der Waals surface area contributed by atoms with E-state index in [0.717, 1.165) is 6.07 Å². The first-order chi connectivity index (χ1) is 9.39. The van der Waals surface area contributed by atoms with Crippen LogP contribution in [0.3, 0.4) is 0 Å². The van der Waals surface area contributed by atoms with Gasteiger partial charge in [0.15, 0.2) is 0 Å². The summed E-state index contributed by atoms with van der Waals surface area (Å²) in [4.78, 5) is -1.23. The van der Waals surface area contributed by atoms with E-state index in [-0.39, 0.29) is 5.02 Å². The topological polar surface area (TPSA) is 66.4 Å². The van der Waals surface area contributed by atoms with E-state index in [1.807, 2.05) is 0 Å². The van der Waals surface area contributed by atoms with Crippen LogP contribution in [0.5, 0.6) is 0 Å². The highest BCUT2D eigenvalue weighted by Gasteiger charge is 2.38. The lowest BCUT2D eigenvalue weighted by Crippen LogP contribution is -2.39. The molecule has 0 aliphatic rings. The van der Waals surface area contributed by atoms with Crippen molar-refractivity contribution in [3.8, 4) is 0 Å². The van der Waals surface area contributed by atoms with E-state index >= 15 is 0 Å². The molecule has 1 aromatic rings. The van der Waals surface area contributed by atoms with Gasteiger partial charge in [-0.05, 0) is 18.2 Å². The molecule has 0 atom stereocenters. The third kappa shape index (κ3) is 4.77. The van der Waals surface area contributed by atoms with Crippen LogP contribution in [0.4, 0.5) is 22.0 Å². The second kappa shape index (κ2) is 6.03. The Hall–Kier alpha value is -0.970. The van der Waals surface area contributed by atoms with Gasteiger partial charge < -0.3 is 5.11 Å². The maximum Gasteiger partial charge on any atom is 0.417 e. The zero-order valence-electron chi connectivity index (χ0n) is 10.1. The van der Waals surface area contributed by atoms with Crippen molar-refractivity contribution in [2.24, 2.45) is 0 Å². The van der Waals surface area contributed by atoms with Crippen LogP contribution < -0.4 is 4.72 Å². The predicted octanol–water partition coefficient (Wildman–Crippen LogP) is 2.26. The molecule has 120 valence electrons. The first-order valence-electron chi connectivity index (χ1n) is 5.24. The van der Waals surface area contributed by atoms with Crippen LogP contribution in [0, 0.1) is 0 Å². The van der Waals surface area contributed by atoms with Gasteiger partial charge in [-0.15, -0.1) is 0 Å². The monoisotopic (exact) mass is 353 g/mol. The molecule has 0 bridgehead atoms. The van der Waals surface area contributed by atoms with Crippen LogP contribution in [-0.4, -0.2) is 32.6 Å².